The summed E-state index contributed by atoms with van der Waals surface area (Å²) in [6.07, 6.45) is 3.20. The summed E-state index contributed by atoms with van der Waals surface area (Å²) in [5.41, 5.74) is 0.0417. The molecule has 0 aliphatic heterocycles. The van der Waals surface area contributed by atoms with E-state index in [1.807, 2.05) is 0 Å². The van der Waals surface area contributed by atoms with Gasteiger partial charge in [-0.2, -0.15) is 15.8 Å². The Morgan fingerprint density at radius 2 is 1.88 bits per heavy atom. The molecule has 1 N–H and O–H groups in total. The first-order chi connectivity index (χ1) is 11.7. The standard InChI is InChI=1S/C17H11N5O2/c1-23-17-7-13(22-15(10-20)12(8-18)9-19)4-5-16(17)24-14-3-2-6-21-11-14/h2-7,11,22H,1H3. The second-order valence-electron chi connectivity index (χ2n) is 4.37. The van der Waals surface area contributed by atoms with Crippen molar-refractivity contribution < 1.29 is 9.47 Å². The van der Waals surface area contributed by atoms with Crippen LogP contribution in [0.25, 0.3) is 0 Å². The molecule has 24 heavy (non-hydrogen) atoms. The van der Waals surface area contributed by atoms with Gasteiger partial charge in [-0.15, -0.1) is 0 Å². The minimum Gasteiger partial charge on any atom is -0.493 e. The Balaban J connectivity index is 2.30. The molecule has 7 heteroatoms. The molecule has 116 valence electrons. The lowest BCUT2D eigenvalue weighted by Crippen LogP contribution is -2.01. The molecule has 0 amide bonds. The number of ether oxygens (including phenoxy) is 2. The molecule has 0 aliphatic rings. The molecular formula is C17H11N5O2. The van der Waals surface area contributed by atoms with Crippen molar-refractivity contribution in [2.45, 2.75) is 0 Å². The normalized spacial score (nSPS) is 8.92. The molecule has 0 saturated carbocycles. The Morgan fingerprint density at radius 1 is 1.08 bits per heavy atom. The van der Waals surface area contributed by atoms with Crippen LogP contribution in [0.15, 0.2) is 54.0 Å². The fraction of sp³-hybridized carbons (Fsp3) is 0.0588. The summed E-state index contributed by atoms with van der Waals surface area (Å²) in [7, 11) is 1.48. The average Bonchev–Trinajstić information content (AvgIpc) is 2.63. The van der Waals surface area contributed by atoms with Crippen LogP contribution in [0.2, 0.25) is 0 Å². The topological polar surface area (TPSA) is 115 Å². The van der Waals surface area contributed by atoms with Crippen LogP contribution in [0, 0.1) is 34.0 Å². The zero-order valence-electron chi connectivity index (χ0n) is 12.6. The van der Waals surface area contributed by atoms with Crippen molar-refractivity contribution in [1.82, 2.24) is 4.98 Å². The number of methoxy groups -OCH3 is 1. The fourth-order valence-electron chi connectivity index (χ4n) is 1.79. The third-order valence-electron chi connectivity index (χ3n) is 2.88. The second-order valence-corrected chi connectivity index (χ2v) is 4.37. The minimum absolute atomic E-state index is 0.136. The highest BCUT2D eigenvalue weighted by Gasteiger charge is 2.10. The van der Waals surface area contributed by atoms with E-state index in [1.165, 1.54) is 7.11 Å². The Kier molecular flexibility index (Phi) is 5.34. The van der Waals surface area contributed by atoms with Gasteiger partial charge in [0.25, 0.3) is 0 Å². The summed E-state index contributed by atoms with van der Waals surface area (Å²) in [5.74, 6) is 1.42. The molecule has 2 rings (SSSR count). The number of aromatic nitrogens is 1. The van der Waals surface area contributed by atoms with E-state index < -0.39 is 0 Å². The van der Waals surface area contributed by atoms with Gasteiger partial charge in [0.05, 0.1) is 13.3 Å². The van der Waals surface area contributed by atoms with E-state index in [0.717, 1.165) is 0 Å². The Labute approximate surface area is 138 Å². The predicted octanol–water partition coefficient (Wildman–Crippen LogP) is 3.12. The van der Waals surface area contributed by atoms with Gasteiger partial charge in [0.15, 0.2) is 17.1 Å². The van der Waals surface area contributed by atoms with Crippen LogP contribution in [-0.2, 0) is 0 Å². The highest BCUT2D eigenvalue weighted by molar-refractivity contribution is 5.62. The van der Waals surface area contributed by atoms with Gasteiger partial charge in [-0.3, -0.25) is 4.98 Å². The number of anilines is 1. The summed E-state index contributed by atoms with van der Waals surface area (Å²) < 4.78 is 11.0. The predicted molar refractivity (Wildman–Crippen MR) is 84.8 cm³/mol. The molecule has 1 aromatic carbocycles. The SMILES string of the molecule is COc1cc(NC(C#N)=C(C#N)C#N)ccc1Oc1cccnc1. The van der Waals surface area contributed by atoms with E-state index in [1.54, 1.807) is 60.9 Å². The minimum atomic E-state index is -0.299. The number of benzene rings is 1. The van der Waals surface area contributed by atoms with Gasteiger partial charge in [-0.25, -0.2) is 0 Å². The summed E-state index contributed by atoms with van der Waals surface area (Å²) in [6, 6.07) is 13.5. The molecule has 0 unspecified atom stereocenters. The molecule has 0 saturated heterocycles. The summed E-state index contributed by atoms with van der Waals surface area (Å²) in [5, 5.41) is 29.5. The second kappa shape index (κ2) is 7.84. The van der Waals surface area contributed by atoms with Crippen LogP contribution in [-0.4, -0.2) is 12.1 Å². The van der Waals surface area contributed by atoms with Gasteiger partial charge in [0.2, 0.25) is 0 Å². The molecule has 0 bridgehead atoms. The van der Waals surface area contributed by atoms with E-state index in [0.29, 0.717) is 22.9 Å². The molecule has 7 nitrogen and oxygen atoms in total. The van der Waals surface area contributed by atoms with Crippen LogP contribution in [0.5, 0.6) is 17.2 Å². The molecular weight excluding hydrogens is 306 g/mol. The molecule has 0 atom stereocenters. The quantitative estimate of drug-likeness (QED) is 0.842. The summed E-state index contributed by atoms with van der Waals surface area (Å²) in [4.78, 5) is 3.96. The molecule has 0 spiro atoms. The third kappa shape index (κ3) is 3.79. The van der Waals surface area contributed by atoms with Gasteiger partial charge in [0.1, 0.15) is 29.7 Å². The number of pyridine rings is 1. The van der Waals surface area contributed by atoms with Crippen LogP contribution >= 0.6 is 0 Å². The largest absolute Gasteiger partial charge is 0.493 e. The lowest BCUT2D eigenvalue weighted by Gasteiger charge is -2.12. The van der Waals surface area contributed by atoms with Gasteiger partial charge < -0.3 is 14.8 Å². The number of allylic oxidation sites excluding steroid dienone is 2. The van der Waals surface area contributed by atoms with Gasteiger partial charge in [-0.1, -0.05) is 0 Å². The van der Waals surface area contributed by atoms with Crippen molar-refractivity contribution >= 4 is 5.69 Å². The average molecular weight is 317 g/mol. The molecule has 0 fully saturated rings. The van der Waals surface area contributed by atoms with E-state index in [4.69, 9.17) is 25.3 Å². The van der Waals surface area contributed by atoms with Gasteiger partial charge in [0, 0.05) is 18.0 Å². The van der Waals surface area contributed by atoms with Crippen LogP contribution < -0.4 is 14.8 Å². The molecule has 0 radical (unpaired) electrons. The Morgan fingerprint density at radius 3 is 2.46 bits per heavy atom. The maximum absolute atomic E-state index is 9.06. The van der Waals surface area contributed by atoms with E-state index in [2.05, 4.69) is 10.3 Å². The van der Waals surface area contributed by atoms with Crippen molar-refractivity contribution in [2.75, 3.05) is 12.4 Å². The van der Waals surface area contributed by atoms with Crippen LogP contribution in [0.3, 0.4) is 0 Å². The highest BCUT2D eigenvalue weighted by Crippen LogP contribution is 2.34. The maximum Gasteiger partial charge on any atom is 0.169 e. The number of nitrogens with one attached hydrogen (secondary N) is 1. The number of hydrogen-bond donors (Lipinski definition) is 1. The summed E-state index contributed by atoms with van der Waals surface area (Å²) >= 11 is 0. The molecule has 2 aromatic rings. The number of rotatable bonds is 5. The first-order valence-corrected chi connectivity index (χ1v) is 6.69. The van der Waals surface area contributed by atoms with Gasteiger partial charge >= 0.3 is 0 Å². The van der Waals surface area contributed by atoms with Crippen molar-refractivity contribution in [3.8, 4) is 35.5 Å². The van der Waals surface area contributed by atoms with Crippen LogP contribution in [0.1, 0.15) is 0 Å². The molecule has 0 aliphatic carbocycles. The maximum atomic E-state index is 9.06. The Bertz CT molecular complexity index is 870. The first-order valence-electron chi connectivity index (χ1n) is 6.69. The zero-order valence-corrected chi connectivity index (χ0v) is 12.6. The Hall–Kier alpha value is -4.02. The van der Waals surface area contributed by atoms with Crippen molar-refractivity contribution in [3.63, 3.8) is 0 Å². The lowest BCUT2D eigenvalue weighted by atomic mass is 10.2. The van der Waals surface area contributed by atoms with E-state index >= 15 is 0 Å². The summed E-state index contributed by atoms with van der Waals surface area (Å²) in [6.45, 7) is 0. The van der Waals surface area contributed by atoms with E-state index in [9.17, 15) is 0 Å². The molecule has 1 aromatic heterocycles. The van der Waals surface area contributed by atoms with E-state index in [-0.39, 0.29) is 11.3 Å². The number of nitriles is 3. The third-order valence-corrected chi connectivity index (χ3v) is 2.88. The van der Waals surface area contributed by atoms with Crippen molar-refractivity contribution in [3.05, 3.63) is 54.0 Å². The first kappa shape index (κ1) is 16.4. The highest BCUT2D eigenvalue weighted by atomic mass is 16.5. The zero-order chi connectivity index (χ0) is 17.4. The number of hydrogen-bond acceptors (Lipinski definition) is 7. The van der Waals surface area contributed by atoms with Crippen molar-refractivity contribution in [1.29, 1.82) is 15.8 Å². The monoisotopic (exact) mass is 317 g/mol. The smallest absolute Gasteiger partial charge is 0.169 e. The van der Waals surface area contributed by atoms with Crippen LogP contribution in [0.4, 0.5) is 5.69 Å². The fourth-order valence-corrected chi connectivity index (χ4v) is 1.79. The van der Waals surface area contributed by atoms with Gasteiger partial charge in [-0.05, 0) is 24.3 Å². The number of nitrogens with zero attached hydrogens (tertiary/aromatic N) is 4. The lowest BCUT2D eigenvalue weighted by molar-refractivity contribution is 0.378. The molecule has 1 heterocycles. The van der Waals surface area contributed by atoms with Crippen molar-refractivity contribution in [2.24, 2.45) is 0 Å².